The quantitative estimate of drug-likeness (QED) is 0.728. The Hall–Kier alpha value is -1.42. The molecular formula is C13H18N2O2. The molecule has 0 spiro atoms. The minimum absolute atomic E-state index is 0.0198. The molecule has 1 aromatic heterocycles. The van der Waals surface area contributed by atoms with Crippen molar-refractivity contribution in [1.29, 1.82) is 0 Å². The third kappa shape index (κ3) is 3.53. The number of ether oxygens (including phenoxy) is 1. The number of Topliss-reactive ketones (excluding diaryl/α,β-unsaturated/α-hetero) is 1. The number of hydrogen-bond acceptors (Lipinski definition) is 4. The molecule has 1 fully saturated rings. The van der Waals surface area contributed by atoms with E-state index in [0.29, 0.717) is 12.3 Å². The Morgan fingerprint density at radius 1 is 1.41 bits per heavy atom. The van der Waals surface area contributed by atoms with Gasteiger partial charge in [-0.25, -0.2) is 4.98 Å². The van der Waals surface area contributed by atoms with Crippen LogP contribution in [0.3, 0.4) is 0 Å². The van der Waals surface area contributed by atoms with Gasteiger partial charge < -0.3 is 4.74 Å². The highest BCUT2D eigenvalue weighted by molar-refractivity contribution is 5.92. The van der Waals surface area contributed by atoms with Crippen molar-refractivity contribution in [2.24, 2.45) is 0 Å². The summed E-state index contributed by atoms with van der Waals surface area (Å²) in [5.41, 5.74) is 0.483. The summed E-state index contributed by atoms with van der Waals surface area (Å²) in [7, 11) is 0. The van der Waals surface area contributed by atoms with Crippen LogP contribution >= 0.6 is 0 Å². The maximum absolute atomic E-state index is 11.0. The molecule has 0 bridgehead atoms. The lowest BCUT2D eigenvalue weighted by molar-refractivity contribution is 0.101. The van der Waals surface area contributed by atoms with Crippen molar-refractivity contribution in [3.63, 3.8) is 0 Å². The largest absolute Gasteiger partial charge is 0.491 e. The van der Waals surface area contributed by atoms with E-state index < -0.39 is 0 Å². The summed E-state index contributed by atoms with van der Waals surface area (Å²) >= 11 is 0. The van der Waals surface area contributed by atoms with E-state index in [2.05, 4.69) is 9.88 Å². The number of nitrogens with zero attached hydrogens (tertiary/aromatic N) is 2. The lowest BCUT2D eigenvalue weighted by atomic mass is 10.3. The third-order valence-corrected chi connectivity index (χ3v) is 2.97. The van der Waals surface area contributed by atoms with Crippen LogP contribution in [0.2, 0.25) is 0 Å². The number of carbonyl (C=O) groups is 1. The summed E-state index contributed by atoms with van der Waals surface area (Å²) < 4.78 is 5.59. The van der Waals surface area contributed by atoms with E-state index in [-0.39, 0.29) is 5.78 Å². The van der Waals surface area contributed by atoms with E-state index in [4.69, 9.17) is 4.74 Å². The molecule has 0 unspecified atom stereocenters. The molecule has 4 heteroatoms. The van der Waals surface area contributed by atoms with Crippen LogP contribution in [-0.2, 0) is 0 Å². The predicted molar refractivity (Wildman–Crippen MR) is 65.4 cm³/mol. The van der Waals surface area contributed by atoms with Gasteiger partial charge in [-0.3, -0.25) is 9.69 Å². The van der Waals surface area contributed by atoms with Crippen molar-refractivity contribution in [1.82, 2.24) is 9.88 Å². The molecule has 0 N–H and O–H groups in total. The second-order valence-electron chi connectivity index (χ2n) is 4.33. The summed E-state index contributed by atoms with van der Waals surface area (Å²) in [5.74, 6) is 0.711. The molecule has 0 radical (unpaired) electrons. The fraction of sp³-hybridized carbons (Fsp3) is 0.538. The zero-order valence-electron chi connectivity index (χ0n) is 10.2. The van der Waals surface area contributed by atoms with Gasteiger partial charge in [-0.05, 0) is 38.1 Å². The molecule has 0 saturated carbocycles. The van der Waals surface area contributed by atoms with Crippen molar-refractivity contribution in [2.45, 2.75) is 19.8 Å². The van der Waals surface area contributed by atoms with Crippen LogP contribution in [0.1, 0.15) is 30.3 Å². The first-order valence-electron chi connectivity index (χ1n) is 6.08. The molecule has 1 aromatic rings. The summed E-state index contributed by atoms with van der Waals surface area (Å²) in [6.07, 6.45) is 4.21. The average Bonchev–Trinajstić information content (AvgIpc) is 2.83. The third-order valence-electron chi connectivity index (χ3n) is 2.97. The first kappa shape index (κ1) is 12.0. The second-order valence-corrected chi connectivity index (χ2v) is 4.33. The highest BCUT2D eigenvalue weighted by Gasteiger charge is 2.10. The van der Waals surface area contributed by atoms with Crippen molar-refractivity contribution in [3.05, 3.63) is 24.0 Å². The van der Waals surface area contributed by atoms with Gasteiger partial charge in [0.05, 0.1) is 6.20 Å². The molecular weight excluding hydrogens is 216 g/mol. The first-order valence-corrected chi connectivity index (χ1v) is 6.08. The van der Waals surface area contributed by atoms with Gasteiger partial charge in [-0.1, -0.05) is 0 Å². The Morgan fingerprint density at radius 3 is 2.76 bits per heavy atom. The zero-order chi connectivity index (χ0) is 12.1. The van der Waals surface area contributed by atoms with Gasteiger partial charge in [0.2, 0.25) is 0 Å². The van der Waals surface area contributed by atoms with Crippen LogP contribution in [0.25, 0.3) is 0 Å². The molecule has 1 aliphatic heterocycles. The van der Waals surface area contributed by atoms with E-state index >= 15 is 0 Å². The summed E-state index contributed by atoms with van der Waals surface area (Å²) in [6.45, 7) is 5.53. The van der Waals surface area contributed by atoms with Crippen LogP contribution in [0.5, 0.6) is 5.75 Å². The second kappa shape index (κ2) is 5.77. The van der Waals surface area contributed by atoms with Crippen LogP contribution in [0, 0.1) is 0 Å². The fourth-order valence-electron chi connectivity index (χ4n) is 1.97. The van der Waals surface area contributed by atoms with Gasteiger partial charge in [-0.15, -0.1) is 0 Å². The number of ketones is 1. The minimum Gasteiger partial charge on any atom is -0.491 e. The lowest BCUT2D eigenvalue weighted by Crippen LogP contribution is -2.25. The van der Waals surface area contributed by atoms with E-state index in [1.807, 2.05) is 0 Å². The van der Waals surface area contributed by atoms with E-state index in [9.17, 15) is 4.79 Å². The Balaban J connectivity index is 1.76. The van der Waals surface area contributed by atoms with E-state index in [1.54, 1.807) is 18.3 Å². The fourth-order valence-corrected chi connectivity index (χ4v) is 1.97. The van der Waals surface area contributed by atoms with Gasteiger partial charge >= 0.3 is 0 Å². The van der Waals surface area contributed by atoms with E-state index in [1.165, 1.54) is 32.9 Å². The Bertz CT molecular complexity index is 370. The van der Waals surface area contributed by atoms with Gasteiger partial charge in [0, 0.05) is 13.5 Å². The molecule has 0 amide bonds. The highest BCUT2D eigenvalue weighted by atomic mass is 16.5. The van der Waals surface area contributed by atoms with Gasteiger partial charge in [-0.2, -0.15) is 0 Å². The van der Waals surface area contributed by atoms with Crippen molar-refractivity contribution < 1.29 is 9.53 Å². The lowest BCUT2D eigenvalue weighted by Gasteiger charge is -2.14. The van der Waals surface area contributed by atoms with Crippen molar-refractivity contribution in [2.75, 3.05) is 26.2 Å². The molecule has 2 heterocycles. The summed E-state index contributed by atoms with van der Waals surface area (Å²) in [6, 6.07) is 3.50. The normalized spacial score (nSPS) is 16.1. The molecule has 92 valence electrons. The molecule has 1 saturated heterocycles. The van der Waals surface area contributed by atoms with Gasteiger partial charge in [0.15, 0.2) is 5.78 Å². The Labute approximate surface area is 102 Å². The molecule has 17 heavy (non-hydrogen) atoms. The number of carbonyl (C=O) groups excluding carboxylic acids is 1. The first-order chi connectivity index (χ1) is 8.25. The maximum Gasteiger partial charge on any atom is 0.178 e. The Morgan fingerprint density at radius 2 is 2.18 bits per heavy atom. The monoisotopic (exact) mass is 234 g/mol. The zero-order valence-corrected chi connectivity index (χ0v) is 10.2. The molecule has 0 aliphatic carbocycles. The highest BCUT2D eigenvalue weighted by Crippen LogP contribution is 2.10. The van der Waals surface area contributed by atoms with E-state index in [0.717, 1.165) is 12.3 Å². The predicted octanol–water partition coefficient (Wildman–Crippen LogP) is 1.76. The maximum atomic E-state index is 11.0. The van der Waals surface area contributed by atoms with Crippen LogP contribution < -0.4 is 4.74 Å². The number of pyridine rings is 1. The van der Waals surface area contributed by atoms with Gasteiger partial charge in [0.25, 0.3) is 0 Å². The SMILES string of the molecule is CC(=O)c1ccc(OCCN2CCCC2)cn1. The molecule has 4 nitrogen and oxygen atoms in total. The topological polar surface area (TPSA) is 42.4 Å². The molecule has 0 atom stereocenters. The number of rotatable bonds is 5. The summed E-state index contributed by atoms with van der Waals surface area (Å²) in [5, 5.41) is 0. The van der Waals surface area contributed by atoms with Crippen LogP contribution in [-0.4, -0.2) is 41.9 Å². The van der Waals surface area contributed by atoms with Crippen molar-refractivity contribution >= 4 is 5.78 Å². The molecule has 1 aliphatic rings. The molecule has 2 rings (SSSR count). The Kier molecular flexibility index (Phi) is 4.09. The minimum atomic E-state index is -0.0198. The molecule has 0 aromatic carbocycles. The summed E-state index contributed by atoms with van der Waals surface area (Å²) in [4.78, 5) is 17.5. The number of likely N-dealkylation sites (tertiary alicyclic amines) is 1. The number of aromatic nitrogens is 1. The number of hydrogen-bond donors (Lipinski definition) is 0. The van der Waals surface area contributed by atoms with Crippen LogP contribution in [0.15, 0.2) is 18.3 Å². The van der Waals surface area contributed by atoms with Crippen molar-refractivity contribution in [3.8, 4) is 5.75 Å². The standard InChI is InChI=1S/C13H18N2O2/c1-11(16)13-5-4-12(10-14-13)17-9-8-15-6-2-3-7-15/h4-5,10H,2-3,6-9H2,1H3. The smallest absolute Gasteiger partial charge is 0.178 e. The van der Waals surface area contributed by atoms with Gasteiger partial charge in [0.1, 0.15) is 18.1 Å². The average molecular weight is 234 g/mol. The van der Waals surface area contributed by atoms with Crippen LogP contribution in [0.4, 0.5) is 0 Å².